The molecular weight excluding hydrogens is 315 g/mol. The Hall–Kier alpha value is -2.96. The normalized spacial score (nSPS) is 10.3. The van der Waals surface area contributed by atoms with E-state index in [1.165, 1.54) is 0 Å². The number of non-ortho nitro benzene ring substituents is 1. The molecule has 0 atom stereocenters. The molecule has 0 unspecified atom stereocenters. The van der Waals surface area contributed by atoms with Crippen LogP contribution in [0.2, 0.25) is 0 Å². The van der Waals surface area contributed by atoms with E-state index < -0.39 is 16.6 Å². The van der Waals surface area contributed by atoms with E-state index in [1.807, 2.05) is 26.0 Å². The maximum absolute atomic E-state index is 13.6. The largest absolute Gasteiger partial charge is 0.493 e. The number of hydrogen-bond donors (Lipinski definition) is 1. The maximum atomic E-state index is 13.6. The first-order valence-corrected chi connectivity index (χ1v) is 7.31. The Labute approximate surface area is 138 Å². The third-order valence-electron chi connectivity index (χ3n) is 3.58. The van der Waals surface area contributed by atoms with Crippen LogP contribution in [0.5, 0.6) is 5.75 Å². The molecule has 0 heterocycles. The van der Waals surface area contributed by atoms with Crippen molar-refractivity contribution in [3.63, 3.8) is 0 Å². The van der Waals surface area contributed by atoms with Crippen molar-refractivity contribution >= 4 is 17.3 Å². The fourth-order valence-electron chi connectivity index (χ4n) is 2.07. The van der Waals surface area contributed by atoms with Crippen LogP contribution in [0.4, 0.5) is 15.8 Å². The maximum Gasteiger partial charge on any atom is 0.271 e. The van der Waals surface area contributed by atoms with Gasteiger partial charge < -0.3 is 10.1 Å². The van der Waals surface area contributed by atoms with Gasteiger partial charge in [0.1, 0.15) is 11.6 Å². The Morgan fingerprint density at radius 1 is 1.29 bits per heavy atom. The summed E-state index contributed by atoms with van der Waals surface area (Å²) < 4.78 is 19.2. The number of nitro groups is 1. The molecule has 0 radical (unpaired) electrons. The van der Waals surface area contributed by atoms with Gasteiger partial charge >= 0.3 is 0 Å². The van der Waals surface area contributed by atoms with E-state index in [1.54, 1.807) is 6.07 Å². The fraction of sp³-hybridized carbons (Fsp3) is 0.235. The van der Waals surface area contributed by atoms with E-state index in [2.05, 4.69) is 5.32 Å². The van der Waals surface area contributed by atoms with Crippen molar-refractivity contribution in [3.05, 3.63) is 63.5 Å². The minimum Gasteiger partial charge on any atom is -0.493 e. The van der Waals surface area contributed by atoms with Gasteiger partial charge in [-0.3, -0.25) is 14.9 Å². The Morgan fingerprint density at radius 2 is 2.04 bits per heavy atom. The average molecular weight is 332 g/mol. The van der Waals surface area contributed by atoms with Gasteiger partial charge in [0.15, 0.2) is 0 Å². The number of hydrogen-bond acceptors (Lipinski definition) is 4. The van der Waals surface area contributed by atoms with E-state index in [0.717, 1.165) is 29.3 Å². The highest BCUT2D eigenvalue weighted by Gasteiger charge is 2.13. The molecule has 0 spiro atoms. The van der Waals surface area contributed by atoms with Gasteiger partial charge in [-0.1, -0.05) is 12.1 Å². The molecule has 0 saturated heterocycles. The van der Waals surface area contributed by atoms with Crippen LogP contribution in [0.25, 0.3) is 0 Å². The standard InChI is InChI=1S/C17H17FN2O4/c1-11-4-3-5-16(12(11)2)24-9-8-17(21)19-15-10-13(20(22)23)6-7-14(15)18/h3-7,10H,8-9H2,1-2H3,(H,19,21). The molecular formula is C17H17FN2O4. The summed E-state index contributed by atoms with van der Waals surface area (Å²) in [7, 11) is 0. The first-order chi connectivity index (χ1) is 11.4. The predicted molar refractivity (Wildman–Crippen MR) is 87.7 cm³/mol. The summed E-state index contributed by atoms with van der Waals surface area (Å²) in [4.78, 5) is 21.9. The van der Waals surface area contributed by atoms with E-state index in [4.69, 9.17) is 4.74 Å². The molecule has 2 aromatic rings. The Bertz CT molecular complexity index is 777. The van der Waals surface area contributed by atoms with Crippen molar-refractivity contribution in [3.8, 4) is 5.75 Å². The van der Waals surface area contributed by atoms with Crippen LogP contribution < -0.4 is 10.1 Å². The third-order valence-corrected chi connectivity index (χ3v) is 3.58. The summed E-state index contributed by atoms with van der Waals surface area (Å²) in [6.45, 7) is 4.00. The van der Waals surface area contributed by atoms with Gasteiger partial charge in [-0.25, -0.2) is 4.39 Å². The quantitative estimate of drug-likeness (QED) is 0.645. The van der Waals surface area contributed by atoms with Crippen molar-refractivity contribution in [2.45, 2.75) is 20.3 Å². The average Bonchev–Trinajstić information content (AvgIpc) is 2.53. The number of halogens is 1. The van der Waals surface area contributed by atoms with E-state index in [0.29, 0.717) is 5.75 Å². The van der Waals surface area contributed by atoms with Crippen molar-refractivity contribution in [1.29, 1.82) is 0 Å². The van der Waals surface area contributed by atoms with Gasteiger partial charge in [0.05, 0.1) is 23.6 Å². The summed E-state index contributed by atoms with van der Waals surface area (Å²) in [6, 6.07) is 8.59. The highest BCUT2D eigenvalue weighted by atomic mass is 19.1. The Balaban J connectivity index is 1.93. The van der Waals surface area contributed by atoms with Crippen LogP contribution in [0, 0.1) is 29.8 Å². The number of ether oxygens (including phenoxy) is 1. The molecule has 2 rings (SSSR count). The van der Waals surface area contributed by atoms with E-state index >= 15 is 0 Å². The number of nitrogens with one attached hydrogen (secondary N) is 1. The number of nitro benzene ring substituents is 1. The number of carbonyl (C=O) groups excluding carboxylic acids is 1. The minimum absolute atomic E-state index is 0.00445. The fourth-order valence-corrected chi connectivity index (χ4v) is 2.07. The van der Waals surface area contributed by atoms with Gasteiger partial charge in [-0.15, -0.1) is 0 Å². The molecule has 1 amide bonds. The number of nitrogens with zero attached hydrogens (tertiary/aromatic N) is 1. The van der Waals surface area contributed by atoms with Crippen molar-refractivity contribution < 1.29 is 18.8 Å². The molecule has 0 aliphatic rings. The zero-order valence-corrected chi connectivity index (χ0v) is 13.3. The molecule has 6 nitrogen and oxygen atoms in total. The monoisotopic (exact) mass is 332 g/mol. The van der Waals surface area contributed by atoms with Crippen molar-refractivity contribution in [1.82, 2.24) is 0 Å². The van der Waals surface area contributed by atoms with Gasteiger partial charge in [0.25, 0.3) is 5.69 Å². The second-order valence-electron chi connectivity index (χ2n) is 5.27. The molecule has 0 fully saturated rings. The zero-order valence-electron chi connectivity index (χ0n) is 13.3. The van der Waals surface area contributed by atoms with Crippen LogP contribution in [-0.2, 0) is 4.79 Å². The number of anilines is 1. The van der Waals surface area contributed by atoms with Gasteiger partial charge in [-0.05, 0) is 37.1 Å². The second-order valence-corrected chi connectivity index (χ2v) is 5.27. The first kappa shape index (κ1) is 17.4. The van der Waals surface area contributed by atoms with Crippen LogP contribution in [0.1, 0.15) is 17.5 Å². The topological polar surface area (TPSA) is 81.5 Å². The van der Waals surface area contributed by atoms with Gasteiger partial charge in [-0.2, -0.15) is 0 Å². The second kappa shape index (κ2) is 7.54. The molecule has 1 N–H and O–H groups in total. The molecule has 0 bridgehead atoms. The molecule has 0 aliphatic heterocycles. The summed E-state index contributed by atoms with van der Waals surface area (Å²) in [5.41, 5.74) is 1.55. The smallest absolute Gasteiger partial charge is 0.271 e. The lowest BCUT2D eigenvalue weighted by molar-refractivity contribution is -0.384. The zero-order chi connectivity index (χ0) is 17.7. The van der Waals surface area contributed by atoms with E-state index in [9.17, 15) is 19.3 Å². The molecule has 0 aliphatic carbocycles. The lowest BCUT2D eigenvalue weighted by atomic mass is 10.1. The van der Waals surface area contributed by atoms with Crippen LogP contribution in [0.15, 0.2) is 36.4 Å². The molecule has 2 aromatic carbocycles. The van der Waals surface area contributed by atoms with Gasteiger partial charge in [0, 0.05) is 12.1 Å². The molecule has 126 valence electrons. The lowest BCUT2D eigenvalue weighted by Crippen LogP contribution is -2.16. The number of amides is 1. The minimum atomic E-state index is -0.732. The SMILES string of the molecule is Cc1cccc(OCCC(=O)Nc2cc([N+](=O)[O-])ccc2F)c1C. The van der Waals surface area contributed by atoms with Crippen LogP contribution in [0.3, 0.4) is 0 Å². The summed E-state index contributed by atoms with van der Waals surface area (Å²) in [5.74, 6) is -0.534. The van der Waals surface area contributed by atoms with Crippen LogP contribution >= 0.6 is 0 Å². The predicted octanol–water partition coefficient (Wildman–Crippen LogP) is 3.76. The van der Waals surface area contributed by atoms with E-state index in [-0.39, 0.29) is 24.4 Å². The van der Waals surface area contributed by atoms with Crippen LogP contribution in [-0.4, -0.2) is 17.4 Å². The molecule has 24 heavy (non-hydrogen) atoms. The lowest BCUT2D eigenvalue weighted by Gasteiger charge is -2.11. The Morgan fingerprint density at radius 3 is 2.75 bits per heavy atom. The summed E-state index contributed by atoms with van der Waals surface area (Å²) >= 11 is 0. The molecule has 0 saturated carbocycles. The van der Waals surface area contributed by atoms with Crippen molar-refractivity contribution in [2.24, 2.45) is 0 Å². The number of aryl methyl sites for hydroxylation is 1. The number of carbonyl (C=O) groups is 1. The number of benzene rings is 2. The third kappa shape index (κ3) is 4.28. The first-order valence-electron chi connectivity index (χ1n) is 7.31. The Kier molecular flexibility index (Phi) is 5.47. The van der Waals surface area contributed by atoms with Gasteiger partial charge in [0.2, 0.25) is 5.91 Å². The number of rotatable bonds is 6. The highest BCUT2D eigenvalue weighted by Crippen LogP contribution is 2.22. The van der Waals surface area contributed by atoms with Crippen molar-refractivity contribution in [2.75, 3.05) is 11.9 Å². The molecule has 7 heteroatoms. The highest BCUT2D eigenvalue weighted by molar-refractivity contribution is 5.91. The summed E-state index contributed by atoms with van der Waals surface area (Å²) in [5, 5.41) is 13.0. The summed E-state index contributed by atoms with van der Waals surface area (Å²) in [6.07, 6.45) is -0.00445. The molecule has 0 aromatic heterocycles.